The molecule has 3 rings (SSSR count). The van der Waals surface area contributed by atoms with Crippen LogP contribution in [0.25, 0.3) is 0 Å². The van der Waals surface area contributed by atoms with Gasteiger partial charge in [0.25, 0.3) is 11.8 Å². The molecule has 198 valence electrons. The number of phenols is 1. The lowest BCUT2D eigenvalue weighted by Gasteiger charge is -2.22. The molecule has 4 atom stereocenters. The highest BCUT2D eigenvalue weighted by Crippen LogP contribution is 2.23. The highest BCUT2D eigenvalue weighted by molar-refractivity contribution is 5.97. The van der Waals surface area contributed by atoms with Crippen LogP contribution in [0, 0.1) is 12.8 Å². The van der Waals surface area contributed by atoms with Gasteiger partial charge in [-0.3, -0.25) is 19.2 Å². The molecule has 1 aliphatic rings. The van der Waals surface area contributed by atoms with Crippen LogP contribution in [0.3, 0.4) is 0 Å². The molecule has 0 saturated carbocycles. The van der Waals surface area contributed by atoms with Crippen molar-refractivity contribution in [2.45, 2.75) is 57.9 Å². The number of benzene rings is 2. The quantitative estimate of drug-likeness (QED) is 0.261. The molecule has 0 aliphatic carbocycles. The molecule has 1 saturated heterocycles. The van der Waals surface area contributed by atoms with Crippen molar-refractivity contribution >= 4 is 23.6 Å². The van der Waals surface area contributed by atoms with E-state index in [2.05, 4.69) is 16.0 Å². The van der Waals surface area contributed by atoms with Crippen LogP contribution in [0.2, 0.25) is 0 Å². The summed E-state index contributed by atoms with van der Waals surface area (Å²) in [4.78, 5) is 50.4. The van der Waals surface area contributed by atoms with E-state index in [4.69, 9.17) is 10.5 Å². The Morgan fingerprint density at radius 3 is 1.97 bits per heavy atom. The number of nitrogens with two attached hydrogens (primary N) is 1. The second kappa shape index (κ2) is 12.4. The first kappa shape index (κ1) is 27.7. The normalized spacial score (nSPS) is 17.9. The minimum Gasteiger partial charge on any atom is -0.508 e. The van der Waals surface area contributed by atoms with Crippen molar-refractivity contribution in [3.8, 4) is 5.75 Å². The number of primary amides is 1. The first-order valence-electron chi connectivity index (χ1n) is 12.2. The van der Waals surface area contributed by atoms with Gasteiger partial charge in [0.15, 0.2) is 12.2 Å². The van der Waals surface area contributed by atoms with Crippen molar-refractivity contribution in [2.24, 2.45) is 11.7 Å². The van der Waals surface area contributed by atoms with E-state index in [0.29, 0.717) is 12.1 Å². The number of phenolic OH excluding ortho intramolecular Hbond substituents is 1. The van der Waals surface area contributed by atoms with E-state index >= 15 is 0 Å². The largest absolute Gasteiger partial charge is 0.508 e. The second-order valence-corrected chi connectivity index (χ2v) is 9.70. The minimum atomic E-state index is -1.04. The number of epoxide rings is 1. The summed E-state index contributed by atoms with van der Waals surface area (Å²) in [6, 6.07) is 11.6. The highest BCUT2D eigenvalue weighted by Gasteiger charge is 2.51. The predicted molar refractivity (Wildman–Crippen MR) is 136 cm³/mol. The van der Waals surface area contributed by atoms with Crippen molar-refractivity contribution in [1.29, 1.82) is 0 Å². The zero-order valence-corrected chi connectivity index (χ0v) is 21.2. The molecule has 0 spiro atoms. The lowest BCUT2D eigenvalue weighted by molar-refractivity contribution is -0.131. The third kappa shape index (κ3) is 8.32. The monoisotopic (exact) mass is 510 g/mol. The fourth-order valence-corrected chi connectivity index (χ4v) is 3.70. The molecule has 2 aromatic rings. The first-order valence-corrected chi connectivity index (χ1v) is 12.2. The van der Waals surface area contributed by atoms with Crippen LogP contribution in [-0.4, -0.2) is 59.6 Å². The van der Waals surface area contributed by atoms with Gasteiger partial charge < -0.3 is 31.5 Å². The molecule has 1 heterocycles. The van der Waals surface area contributed by atoms with Crippen LogP contribution in [-0.2, 0) is 36.8 Å². The standard InChI is InChI=1S/C27H34N4O6/c1-15(2)14-29-26(35)22-23(37-22)27(36)31-21(13-17-6-4-16(3)5-7-17)25(34)30-20(24(28)33)12-18-8-10-19(32)11-9-18/h4-11,15,20-23,32H,12-14H2,1-3H3,(H2,28,33)(H,29,35)(H,30,34)(H,31,36)/t20-,21-,22-,23-/m0/s1. The average Bonchev–Trinajstić information content (AvgIpc) is 3.65. The smallest absolute Gasteiger partial charge is 0.253 e. The second-order valence-electron chi connectivity index (χ2n) is 9.70. The Balaban J connectivity index is 1.69. The van der Waals surface area contributed by atoms with E-state index in [9.17, 15) is 24.3 Å². The number of aromatic hydroxyl groups is 1. The Hall–Kier alpha value is -3.92. The molecule has 0 radical (unpaired) electrons. The van der Waals surface area contributed by atoms with Gasteiger partial charge in [0.05, 0.1) is 0 Å². The molecule has 6 N–H and O–H groups in total. The molecular weight excluding hydrogens is 476 g/mol. The molecule has 2 aromatic carbocycles. The molecule has 4 amide bonds. The zero-order valence-electron chi connectivity index (χ0n) is 21.2. The van der Waals surface area contributed by atoms with E-state index in [-0.39, 0.29) is 30.4 Å². The van der Waals surface area contributed by atoms with E-state index in [1.165, 1.54) is 12.1 Å². The SMILES string of the molecule is Cc1ccc(C[C@H](NC(=O)[C@H]2O[C@@H]2C(=O)NCC(C)C)C(=O)N[C@@H](Cc2ccc(O)cc2)C(N)=O)cc1. The summed E-state index contributed by atoms with van der Waals surface area (Å²) in [6.07, 6.45) is -1.64. The average molecular weight is 511 g/mol. The molecule has 10 nitrogen and oxygen atoms in total. The van der Waals surface area contributed by atoms with Crippen molar-refractivity contribution in [3.63, 3.8) is 0 Å². The summed E-state index contributed by atoms with van der Waals surface area (Å²) < 4.78 is 5.28. The van der Waals surface area contributed by atoms with Gasteiger partial charge in [-0.05, 0) is 36.1 Å². The molecule has 37 heavy (non-hydrogen) atoms. The Kier molecular flexibility index (Phi) is 9.24. The van der Waals surface area contributed by atoms with Crippen LogP contribution in [0.4, 0.5) is 0 Å². The summed E-state index contributed by atoms with van der Waals surface area (Å²) in [7, 11) is 0. The third-order valence-corrected chi connectivity index (χ3v) is 5.92. The number of rotatable bonds is 12. The summed E-state index contributed by atoms with van der Waals surface area (Å²) in [5, 5.41) is 17.5. The highest BCUT2D eigenvalue weighted by atomic mass is 16.6. The van der Waals surface area contributed by atoms with Gasteiger partial charge in [-0.15, -0.1) is 0 Å². The van der Waals surface area contributed by atoms with Gasteiger partial charge in [0.2, 0.25) is 11.8 Å². The molecule has 1 aliphatic heterocycles. The molecule has 0 unspecified atom stereocenters. The summed E-state index contributed by atoms with van der Waals surface area (Å²) in [5.41, 5.74) is 8.06. The van der Waals surface area contributed by atoms with Crippen molar-refractivity contribution < 1.29 is 29.0 Å². The van der Waals surface area contributed by atoms with E-state index in [1.807, 2.05) is 45.0 Å². The topological polar surface area (TPSA) is 163 Å². The van der Waals surface area contributed by atoms with Crippen LogP contribution in [0.5, 0.6) is 5.75 Å². The number of carbonyl (C=O) groups is 4. The van der Waals surface area contributed by atoms with Crippen LogP contribution in [0.15, 0.2) is 48.5 Å². The Labute approximate surface area is 216 Å². The van der Waals surface area contributed by atoms with Gasteiger partial charge in [-0.25, -0.2) is 0 Å². The third-order valence-electron chi connectivity index (χ3n) is 5.92. The maximum atomic E-state index is 13.3. The molecule has 0 bridgehead atoms. The fraction of sp³-hybridized carbons (Fsp3) is 0.407. The van der Waals surface area contributed by atoms with Crippen molar-refractivity contribution in [2.75, 3.05) is 6.54 Å². The van der Waals surface area contributed by atoms with E-state index in [1.54, 1.807) is 12.1 Å². The Morgan fingerprint density at radius 1 is 0.865 bits per heavy atom. The van der Waals surface area contributed by atoms with E-state index in [0.717, 1.165) is 11.1 Å². The first-order chi connectivity index (χ1) is 17.5. The lowest BCUT2D eigenvalue weighted by atomic mass is 10.0. The zero-order chi connectivity index (χ0) is 27.1. The molecule has 0 aromatic heterocycles. The number of ether oxygens (including phenoxy) is 1. The van der Waals surface area contributed by atoms with E-state index < -0.39 is 42.0 Å². The van der Waals surface area contributed by atoms with Gasteiger partial charge >= 0.3 is 0 Å². The molecular formula is C27H34N4O6. The number of nitrogens with one attached hydrogen (secondary N) is 3. The van der Waals surface area contributed by atoms with Crippen molar-refractivity contribution in [3.05, 3.63) is 65.2 Å². The minimum absolute atomic E-state index is 0.0720. The Bertz CT molecular complexity index is 1120. The fourth-order valence-electron chi connectivity index (χ4n) is 3.70. The Morgan fingerprint density at radius 2 is 1.41 bits per heavy atom. The molecule has 10 heteroatoms. The van der Waals surface area contributed by atoms with Crippen LogP contribution >= 0.6 is 0 Å². The lowest BCUT2D eigenvalue weighted by Crippen LogP contribution is -2.55. The summed E-state index contributed by atoms with van der Waals surface area (Å²) >= 11 is 0. The number of hydrogen-bond acceptors (Lipinski definition) is 6. The summed E-state index contributed by atoms with van der Waals surface area (Å²) in [5.74, 6) is -1.99. The summed E-state index contributed by atoms with van der Waals surface area (Å²) in [6.45, 7) is 6.30. The number of amides is 4. The number of carbonyl (C=O) groups excluding carboxylic acids is 4. The van der Waals surface area contributed by atoms with Gasteiger partial charge in [-0.1, -0.05) is 55.8 Å². The van der Waals surface area contributed by atoms with Gasteiger partial charge in [0.1, 0.15) is 17.8 Å². The maximum absolute atomic E-state index is 13.3. The predicted octanol–water partition coefficient (Wildman–Crippen LogP) is 0.480. The van der Waals surface area contributed by atoms with Gasteiger partial charge in [-0.2, -0.15) is 0 Å². The van der Waals surface area contributed by atoms with Crippen LogP contribution in [0.1, 0.15) is 30.5 Å². The maximum Gasteiger partial charge on any atom is 0.253 e. The van der Waals surface area contributed by atoms with Crippen LogP contribution < -0.4 is 21.7 Å². The number of hydrogen-bond donors (Lipinski definition) is 5. The number of aryl methyl sites for hydroxylation is 1. The van der Waals surface area contributed by atoms with Gasteiger partial charge in [0, 0.05) is 19.4 Å². The van der Waals surface area contributed by atoms with Crippen molar-refractivity contribution in [1.82, 2.24) is 16.0 Å². The molecule has 1 fully saturated rings.